The van der Waals surface area contributed by atoms with Gasteiger partial charge in [0.15, 0.2) is 0 Å². The first kappa shape index (κ1) is 14.6. The first-order chi connectivity index (χ1) is 9.63. The van der Waals surface area contributed by atoms with E-state index in [0.717, 1.165) is 5.56 Å². The molecule has 0 aliphatic rings. The molecule has 1 aromatic carbocycles. The van der Waals surface area contributed by atoms with E-state index >= 15 is 0 Å². The number of halogens is 2. The van der Waals surface area contributed by atoms with Crippen molar-refractivity contribution in [2.24, 2.45) is 4.99 Å². The maximum atomic E-state index is 13.5. The van der Waals surface area contributed by atoms with Crippen LogP contribution < -0.4 is 15.0 Å². The van der Waals surface area contributed by atoms with Gasteiger partial charge in [-0.3, -0.25) is 0 Å². The summed E-state index contributed by atoms with van der Waals surface area (Å²) in [4.78, 5) is 6.83. The van der Waals surface area contributed by atoms with E-state index in [1.807, 2.05) is 6.07 Å². The Hall–Kier alpha value is -1.82. The van der Waals surface area contributed by atoms with Crippen LogP contribution in [0.15, 0.2) is 29.2 Å². The fourth-order valence-electron chi connectivity index (χ4n) is 1.70. The summed E-state index contributed by atoms with van der Waals surface area (Å²) in [5, 5.41) is 0.326. The van der Waals surface area contributed by atoms with Gasteiger partial charge in [-0.05, 0) is 0 Å². The number of nitrogens with one attached hydrogen (secondary N) is 1. The van der Waals surface area contributed by atoms with Gasteiger partial charge in [-0.15, -0.1) is 0 Å². The Morgan fingerprint density at radius 3 is 2.85 bits per heavy atom. The predicted molar refractivity (Wildman–Crippen MR) is 75.9 cm³/mol. The van der Waals surface area contributed by atoms with E-state index in [2.05, 4.69) is 9.98 Å². The van der Waals surface area contributed by atoms with Crippen LogP contribution in [0.25, 0.3) is 0 Å². The summed E-state index contributed by atoms with van der Waals surface area (Å²) in [6.07, 6.45) is 0. The van der Waals surface area contributed by atoms with Gasteiger partial charge in [0.05, 0.1) is 0 Å². The molecule has 2 aromatic rings. The Morgan fingerprint density at radius 1 is 1.35 bits per heavy atom. The summed E-state index contributed by atoms with van der Waals surface area (Å²) in [5.74, 6) is 2.13. The molecule has 0 bridgehead atoms. The third kappa shape index (κ3) is 3.39. The number of aromatic nitrogens is 1. The average Bonchev–Trinajstić information content (AvgIpc) is 2.48. The zero-order valence-electron chi connectivity index (χ0n) is 11.1. The second kappa shape index (κ2) is 6.57. The van der Waals surface area contributed by atoms with Gasteiger partial charge in [-0.25, -0.2) is 0 Å². The van der Waals surface area contributed by atoms with Crippen molar-refractivity contribution in [3.8, 4) is 11.5 Å². The van der Waals surface area contributed by atoms with Crippen LogP contribution >= 0.6 is 11.6 Å². The molecule has 1 heterocycles. The van der Waals surface area contributed by atoms with Gasteiger partial charge in [0.25, 0.3) is 0 Å². The van der Waals surface area contributed by atoms with Crippen molar-refractivity contribution in [1.82, 2.24) is 4.98 Å². The fraction of sp³-hybridized carbons (Fsp3) is 0.231. The monoisotopic (exact) mass is 294 g/mol. The van der Waals surface area contributed by atoms with Crippen molar-refractivity contribution < 1.29 is 13.9 Å². The number of aromatic amines is 1. The van der Waals surface area contributed by atoms with Crippen LogP contribution in [0.3, 0.4) is 0 Å². The molecule has 7 heteroatoms. The van der Waals surface area contributed by atoms with Crippen LogP contribution in [-0.4, -0.2) is 26.1 Å². The van der Waals surface area contributed by atoms with Crippen LogP contribution in [0.4, 0.5) is 4.39 Å². The first-order valence-corrected chi connectivity index (χ1v) is 6.27. The standard InChI is InChI=1S/C13H13BClFN2O2/c1-19-9-4-3-8(11(5-9)20-2)7-17-12-10(16)6-14-13(15)18-12/h3-6H,7H2,1-2H3,(H,17,18). The Morgan fingerprint density at radius 2 is 2.15 bits per heavy atom. The van der Waals surface area contributed by atoms with Crippen LogP contribution in [0.1, 0.15) is 5.56 Å². The number of rotatable bonds is 4. The molecule has 0 spiro atoms. The summed E-state index contributed by atoms with van der Waals surface area (Å²) in [6.45, 7) is 1.70. The zero-order valence-corrected chi connectivity index (χ0v) is 11.9. The minimum atomic E-state index is -0.457. The molecule has 0 saturated carbocycles. The van der Waals surface area contributed by atoms with E-state index in [-0.39, 0.29) is 12.0 Å². The fourth-order valence-corrected chi connectivity index (χ4v) is 1.85. The van der Waals surface area contributed by atoms with Crippen LogP contribution in [0.2, 0.25) is 5.05 Å². The molecule has 0 radical (unpaired) electrons. The van der Waals surface area contributed by atoms with Crippen molar-refractivity contribution in [1.29, 1.82) is 0 Å². The van der Waals surface area contributed by atoms with E-state index in [1.165, 1.54) is 12.9 Å². The van der Waals surface area contributed by atoms with E-state index < -0.39 is 5.82 Å². The third-order valence-electron chi connectivity index (χ3n) is 2.74. The molecule has 0 aliphatic carbocycles. The second-order valence-corrected chi connectivity index (χ2v) is 4.40. The molecule has 104 valence electrons. The third-order valence-corrected chi connectivity index (χ3v) is 2.96. The van der Waals surface area contributed by atoms with Crippen molar-refractivity contribution in [3.63, 3.8) is 0 Å². The Bertz CT molecular complexity index is 676. The van der Waals surface area contributed by atoms with Gasteiger partial charge in [0.2, 0.25) is 0 Å². The molecule has 0 amide bonds. The molecular formula is C13H13BClFN2O2. The Balaban J connectivity index is 2.32. The summed E-state index contributed by atoms with van der Waals surface area (Å²) < 4.78 is 23.9. The molecule has 4 nitrogen and oxygen atoms in total. The quantitative estimate of drug-likeness (QED) is 0.940. The maximum absolute atomic E-state index is 13.5. The first-order valence-electron chi connectivity index (χ1n) is 5.89. The molecule has 2 rings (SSSR count). The second-order valence-electron chi connectivity index (χ2n) is 4.00. The number of methoxy groups -OCH3 is 2. The number of hydrogen-bond donors (Lipinski definition) is 1. The van der Waals surface area contributed by atoms with Gasteiger partial charge < -0.3 is 0 Å². The number of hydrogen-bond acceptors (Lipinski definition) is 3. The van der Waals surface area contributed by atoms with Crippen molar-refractivity contribution in [3.05, 3.63) is 46.1 Å². The molecule has 0 aliphatic heterocycles. The molecule has 0 atom stereocenters. The van der Waals surface area contributed by atoms with Crippen LogP contribution in [0.5, 0.6) is 11.5 Å². The number of nitrogens with zero attached hydrogens (tertiary/aromatic N) is 1. The van der Waals surface area contributed by atoms with Gasteiger partial charge >= 0.3 is 121 Å². The van der Waals surface area contributed by atoms with E-state index in [4.69, 9.17) is 21.1 Å². The molecule has 0 fully saturated rings. The predicted octanol–water partition coefficient (Wildman–Crippen LogP) is 2.26. The molecule has 1 aromatic heterocycles. The van der Waals surface area contributed by atoms with Crippen molar-refractivity contribution >= 4 is 18.5 Å². The van der Waals surface area contributed by atoms with E-state index in [0.29, 0.717) is 16.5 Å². The van der Waals surface area contributed by atoms with Gasteiger partial charge in [0, 0.05) is 0 Å². The summed E-state index contributed by atoms with van der Waals surface area (Å²) >= 11 is 5.77. The summed E-state index contributed by atoms with van der Waals surface area (Å²) in [5.41, 5.74) is 0.927. The van der Waals surface area contributed by atoms with Crippen LogP contribution in [0, 0.1) is 5.82 Å². The van der Waals surface area contributed by atoms with Crippen molar-refractivity contribution in [2.45, 2.75) is 6.54 Å². The number of benzene rings is 1. The molecule has 20 heavy (non-hydrogen) atoms. The normalized spacial score (nSPS) is 11.3. The molecular weight excluding hydrogens is 281 g/mol. The zero-order chi connectivity index (χ0) is 14.5. The average molecular weight is 295 g/mol. The SMILES string of the molecule is COc1ccc(CN=c2[nH]c(Cl)bcc2F)c(OC)c1. The Kier molecular flexibility index (Phi) is 4.79. The van der Waals surface area contributed by atoms with Gasteiger partial charge in [0.1, 0.15) is 0 Å². The topological polar surface area (TPSA) is 46.6 Å². The van der Waals surface area contributed by atoms with E-state index in [1.54, 1.807) is 26.4 Å². The number of H-pyrrole nitrogens is 1. The van der Waals surface area contributed by atoms with Crippen molar-refractivity contribution in [2.75, 3.05) is 14.2 Å². The number of ether oxygens (including phenoxy) is 2. The van der Waals surface area contributed by atoms with Gasteiger partial charge in [-0.2, -0.15) is 0 Å². The minimum absolute atomic E-state index is 0.107. The Labute approximate surface area is 121 Å². The summed E-state index contributed by atoms with van der Waals surface area (Å²) in [6, 6.07) is 5.37. The molecule has 0 saturated heterocycles. The van der Waals surface area contributed by atoms with E-state index in [9.17, 15) is 4.39 Å². The van der Waals surface area contributed by atoms with Crippen LogP contribution in [-0.2, 0) is 6.54 Å². The van der Waals surface area contributed by atoms with Gasteiger partial charge in [-0.1, -0.05) is 0 Å². The molecule has 0 unspecified atom stereocenters. The summed E-state index contributed by atoms with van der Waals surface area (Å²) in [7, 11) is 3.14. The molecule has 1 N–H and O–H groups in total.